The third-order valence-corrected chi connectivity index (χ3v) is 7.92. The second-order valence-corrected chi connectivity index (χ2v) is 10.6. The number of likely N-dealkylation sites (tertiary alicyclic amines) is 1. The summed E-state index contributed by atoms with van der Waals surface area (Å²) >= 11 is 0. The summed E-state index contributed by atoms with van der Waals surface area (Å²) in [5.41, 5.74) is 2.87. The molecule has 0 atom stereocenters. The molecular formula is C27H29N3O4S. The van der Waals surface area contributed by atoms with E-state index in [4.69, 9.17) is 0 Å². The Balaban J connectivity index is 1.32. The first-order valence-electron chi connectivity index (χ1n) is 11.6. The van der Waals surface area contributed by atoms with Crippen LogP contribution < -0.4 is 9.62 Å². The van der Waals surface area contributed by atoms with Crippen LogP contribution in [0.5, 0.6) is 0 Å². The van der Waals surface area contributed by atoms with E-state index in [9.17, 15) is 18.0 Å². The molecule has 0 bridgehead atoms. The van der Waals surface area contributed by atoms with Crippen LogP contribution in [0.2, 0.25) is 0 Å². The van der Waals surface area contributed by atoms with E-state index in [-0.39, 0.29) is 23.1 Å². The summed E-state index contributed by atoms with van der Waals surface area (Å²) in [4.78, 5) is 26.9. The maximum Gasteiger partial charge on any atom is 0.264 e. The normalized spacial score (nSPS) is 13.5. The van der Waals surface area contributed by atoms with Crippen LogP contribution >= 0.6 is 0 Å². The van der Waals surface area contributed by atoms with Crippen LogP contribution in [-0.2, 0) is 32.5 Å². The molecule has 1 heterocycles. The van der Waals surface area contributed by atoms with Gasteiger partial charge in [0.2, 0.25) is 11.8 Å². The van der Waals surface area contributed by atoms with Gasteiger partial charge in [-0.3, -0.25) is 13.9 Å². The van der Waals surface area contributed by atoms with E-state index in [1.54, 1.807) is 66.7 Å². The van der Waals surface area contributed by atoms with E-state index in [2.05, 4.69) is 5.32 Å². The van der Waals surface area contributed by atoms with E-state index in [0.29, 0.717) is 17.8 Å². The van der Waals surface area contributed by atoms with Crippen LogP contribution in [-0.4, -0.2) is 45.3 Å². The number of hydrogen-bond donors (Lipinski definition) is 1. The lowest BCUT2D eigenvalue weighted by atomic mass is 10.1. The number of anilines is 2. The van der Waals surface area contributed by atoms with Gasteiger partial charge in [-0.2, -0.15) is 0 Å². The Hall–Kier alpha value is -3.65. The van der Waals surface area contributed by atoms with Crippen molar-refractivity contribution >= 4 is 33.2 Å². The molecule has 0 radical (unpaired) electrons. The van der Waals surface area contributed by atoms with Gasteiger partial charge in [0.1, 0.15) is 0 Å². The molecule has 4 rings (SSSR count). The van der Waals surface area contributed by atoms with Gasteiger partial charge in [-0.1, -0.05) is 42.5 Å². The lowest BCUT2D eigenvalue weighted by molar-refractivity contribution is -0.129. The minimum atomic E-state index is -3.65. The first-order chi connectivity index (χ1) is 16.8. The number of carbonyl (C=O) groups excluding carboxylic acids is 2. The highest BCUT2D eigenvalue weighted by Gasteiger charge is 2.21. The Kier molecular flexibility index (Phi) is 7.51. The average molecular weight is 492 g/mol. The third-order valence-electron chi connectivity index (χ3n) is 6.12. The summed E-state index contributed by atoms with van der Waals surface area (Å²) in [5, 5.41) is 2.87. The van der Waals surface area contributed by atoms with Crippen molar-refractivity contribution in [1.29, 1.82) is 0 Å². The smallest absolute Gasteiger partial charge is 0.264 e. The molecule has 1 saturated heterocycles. The van der Waals surface area contributed by atoms with Crippen LogP contribution in [0.1, 0.15) is 24.0 Å². The maximum absolute atomic E-state index is 12.8. The quantitative estimate of drug-likeness (QED) is 0.519. The zero-order valence-electron chi connectivity index (χ0n) is 19.7. The summed E-state index contributed by atoms with van der Waals surface area (Å²) in [6.07, 6.45) is 2.67. The number of hydrogen-bond acceptors (Lipinski definition) is 4. The molecular weight excluding hydrogens is 462 g/mol. The molecule has 8 heteroatoms. The van der Waals surface area contributed by atoms with Crippen molar-refractivity contribution in [2.75, 3.05) is 29.8 Å². The number of nitrogens with zero attached hydrogens (tertiary/aromatic N) is 2. The molecule has 3 aromatic carbocycles. The Morgan fingerprint density at radius 2 is 1.40 bits per heavy atom. The second kappa shape index (κ2) is 10.7. The topological polar surface area (TPSA) is 86.8 Å². The standard InChI is InChI=1S/C27H29N3O4S/c1-29(35(33,34)25-7-3-2-4-8-25)24-15-11-21(12-16-24)19-26(31)28-23-13-9-22(10-14-23)20-27(32)30-17-5-6-18-30/h2-4,7-16H,5-6,17-20H2,1H3,(H,28,31). The number of nitrogens with one attached hydrogen (secondary N) is 1. The van der Waals surface area contributed by atoms with Gasteiger partial charge in [-0.15, -0.1) is 0 Å². The molecule has 1 aliphatic heterocycles. The van der Waals surface area contributed by atoms with Gasteiger partial charge in [-0.05, 0) is 60.4 Å². The number of sulfonamides is 1. The molecule has 0 aliphatic carbocycles. The monoisotopic (exact) mass is 491 g/mol. The van der Waals surface area contributed by atoms with Crippen molar-refractivity contribution in [2.45, 2.75) is 30.6 Å². The lowest BCUT2D eigenvalue weighted by Crippen LogP contribution is -2.29. The minimum absolute atomic E-state index is 0.143. The molecule has 182 valence electrons. The molecule has 7 nitrogen and oxygen atoms in total. The van der Waals surface area contributed by atoms with E-state index >= 15 is 0 Å². The maximum atomic E-state index is 12.8. The van der Waals surface area contributed by atoms with Gasteiger partial charge >= 0.3 is 0 Å². The first kappa shape index (κ1) is 24.5. The molecule has 2 amide bonds. The van der Waals surface area contributed by atoms with Gasteiger partial charge in [0, 0.05) is 25.8 Å². The molecule has 3 aromatic rings. The second-order valence-electron chi connectivity index (χ2n) is 8.64. The van der Waals surface area contributed by atoms with Crippen molar-refractivity contribution in [3.05, 3.63) is 90.0 Å². The highest BCUT2D eigenvalue weighted by atomic mass is 32.2. The largest absolute Gasteiger partial charge is 0.342 e. The Morgan fingerprint density at radius 3 is 2.03 bits per heavy atom. The van der Waals surface area contributed by atoms with Crippen molar-refractivity contribution in [1.82, 2.24) is 4.90 Å². The van der Waals surface area contributed by atoms with Gasteiger partial charge in [0.05, 0.1) is 23.4 Å². The zero-order chi connectivity index (χ0) is 24.8. The predicted octanol–water partition coefficient (Wildman–Crippen LogP) is 3.86. The van der Waals surface area contributed by atoms with Gasteiger partial charge in [0.15, 0.2) is 0 Å². The zero-order valence-corrected chi connectivity index (χ0v) is 20.5. The first-order valence-corrected chi connectivity index (χ1v) is 13.1. The molecule has 35 heavy (non-hydrogen) atoms. The van der Waals surface area contributed by atoms with Crippen LogP contribution in [0.4, 0.5) is 11.4 Å². The third kappa shape index (κ3) is 6.08. The number of benzene rings is 3. The van der Waals surface area contributed by atoms with Crippen molar-refractivity contribution < 1.29 is 18.0 Å². The fourth-order valence-corrected chi connectivity index (χ4v) is 5.28. The fraction of sp³-hybridized carbons (Fsp3) is 0.259. The Morgan fingerprint density at radius 1 is 0.829 bits per heavy atom. The summed E-state index contributed by atoms with van der Waals surface area (Å²) in [6.45, 7) is 1.68. The highest BCUT2D eigenvalue weighted by Crippen LogP contribution is 2.22. The molecule has 1 fully saturated rings. The summed E-state index contributed by atoms with van der Waals surface area (Å²) < 4.78 is 26.8. The Labute approximate surface area is 206 Å². The van der Waals surface area contributed by atoms with E-state index < -0.39 is 10.0 Å². The molecule has 0 aromatic heterocycles. The lowest BCUT2D eigenvalue weighted by Gasteiger charge is -2.19. The molecule has 0 spiro atoms. The van der Waals surface area contributed by atoms with Crippen molar-refractivity contribution in [2.24, 2.45) is 0 Å². The predicted molar refractivity (Wildman–Crippen MR) is 137 cm³/mol. The summed E-state index contributed by atoms with van der Waals surface area (Å²) in [5.74, 6) is -0.0335. The van der Waals surface area contributed by atoms with Crippen LogP contribution in [0.25, 0.3) is 0 Å². The van der Waals surface area contributed by atoms with Crippen LogP contribution in [0.3, 0.4) is 0 Å². The van der Waals surface area contributed by atoms with E-state index in [1.807, 2.05) is 17.0 Å². The SMILES string of the molecule is CN(c1ccc(CC(=O)Nc2ccc(CC(=O)N3CCCC3)cc2)cc1)S(=O)(=O)c1ccccc1. The van der Waals surface area contributed by atoms with Crippen molar-refractivity contribution in [3.63, 3.8) is 0 Å². The van der Waals surface area contributed by atoms with E-state index in [1.165, 1.54) is 11.4 Å². The number of amides is 2. The van der Waals surface area contributed by atoms with Gasteiger partial charge < -0.3 is 10.2 Å². The van der Waals surface area contributed by atoms with Crippen LogP contribution in [0.15, 0.2) is 83.8 Å². The fourth-order valence-electron chi connectivity index (χ4n) is 4.06. The molecule has 0 saturated carbocycles. The van der Waals surface area contributed by atoms with Gasteiger partial charge in [0.25, 0.3) is 10.0 Å². The molecule has 0 unspecified atom stereocenters. The molecule has 1 aliphatic rings. The minimum Gasteiger partial charge on any atom is -0.342 e. The number of carbonyl (C=O) groups is 2. The Bertz CT molecular complexity index is 1270. The van der Waals surface area contributed by atoms with Crippen molar-refractivity contribution in [3.8, 4) is 0 Å². The highest BCUT2D eigenvalue weighted by molar-refractivity contribution is 7.92. The number of rotatable bonds is 8. The van der Waals surface area contributed by atoms with E-state index in [0.717, 1.165) is 37.1 Å². The summed E-state index contributed by atoms with van der Waals surface area (Å²) in [7, 11) is -2.15. The molecule has 1 N–H and O–H groups in total. The summed E-state index contributed by atoms with van der Waals surface area (Å²) in [6, 6.07) is 22.5. The van der Waals surface area contributed by atoms with Gasteiger partial charge in [-0.25, -0.2) is 8.42 Å². The average Bonchev–Trinajstić information content (AvgIpc) is 3.41. The van der Waals surface area contributed by atoms with Crippen LogP contribution in [0, 0.1) is 0 Å².